The maximum Gasteiger partial charge on any atom is 0.214 e. The number of nitrogens with zero attached hydrogens (tertiary/aromatic N) is 2. The van der Waals surface area contributed by atoms with Crippen LogP contribution in [-0.4, -0.2) is 24.4 Å². The Morgan fingerprint density at radius 3 is 2.61 bits per heavy atom. The van der Waals surface area contributed by atoms with Crippen molar-refractivity contribution in [2.45, 2.75) is 51.3 Å². The number of hydrogen-bond acceptors (Lipinski definition) is 5. The summed E-state index contributed by atoms with van der Waals surface area (Å²) in [7, 11) is 1.68. The van der Waals surface area contributed by atoms with E-state index < -0.39 is 6.23 Å². The van der Waals surface area contributed by atoms with E-state index in [2.05, 4.69) is 80.2 Å². The lowest BCUT2D eigenvalue weighted by atomic mass is 9.96. The minimum atomic E-state index is -0.395. The molecule has 0 amide bonds. The van der Waals surface area contributed by atoms with Crippen LogP contribution < -0.4 is 14.2 Å². The minimum absolute atomic E-state index is 0.0586. The SMILES string of the molecule is CCCCCCOc1ccc(C2Oc3c(Br)cc(Br)cc3C3CC(c4ccccc4)=NN32)cc1OC. The smallest absolute Gasteiger partial charge is 0.214 e. The molecular weight excluding hydrogens is 584 g/mol. The van der Waals surface area contributed by atoms with Crippen molar-refractivity contribution >= 4 is 37.6 Å². The van der Waals surface area contributed by atoms with E-state index in [4.69, 9.17) is 19.3 Å². The molecule has 36 heavy (non-hydrogen) atoms. The summed E-state index contributed by atoms with van der Waals surface area (Å²) in [5.41, 5.74) is 4.26. The monoisotopic (exact) mass is 612 g/mol. The maximum absolute atomic E-state index is 6.62. The molecular formula is C29H30Br2N2O3. The third-order valence-corrected chi connectivity index (χ3v) is 7.69. The van der Waals surface area contributed by atoms with E-state index in [0.29, 0.717) is 12.4 Å². The quantitative estimate of drug-likeness (QED) is 0.227. The first-order chi connectivity index (χ1) is 17.6. The number of hydrogen-bond donors (Lipinski definition) is 0. The van der Waals surface area contributed by atoms with Gasteiger partial charge < -0.3 is 14.2 Å². The predicted octanol–water partition coefficient (Wildman–Crippen LogP) is 8.42. The standard InChI is InChI=1S/C29H30Br2N2O3/c1-3-4-5-9-14-35-26-13-12-20(15-27(26)34-2)29-33-25(18-24(32-33)19-10-7-6-8-11-19)22-16-21(30)17-23(31)28(22)36-29/h6-8,10-13,15-17,25,29H,3-5,9,14,18H2,1-2H3. The van der Waals surface area contributed by atoms with Crippen molar-refractivity contribution in [1.82, 2.24) is 5.01 Å². The van der Waals surface area contributed by atoms with Gasteiger partial charge in [0, 0.05) is 22.0 Å². The summed E-state index contributed by atoms with van der Waals surface area (Å²) in [6, 6.07) is 20.6. The van der Waals surface area contributed by atoms with Gasteiger partial charge in [-0.15, -0.1) is 0 Å². The first kappa shape index (κ1) is 25.2. The topological polar surface area (TPSA) is 43.3 Å². The fraction of sp³-hybridized carbons (Fsp3) is 0.345. The number of benzene rings is 3. The van der Waals surface area contributed by atoms with Gasteiger partial charge in [-0.05, 0) is 58.2 Å². The second-order valence-corrected chi connectivity index (χ2v) is 10.9. The number of hydrazone groups is 1. The number of halogens is 2. The predicted molar refractivity (Wildman–Crippen MR) is 150 cm³/mol. The molecule has 3 aromatic carbocycles. The molecule has 2 unspecified atom stereocenters. The average Bonchev–Trinajstić information content (AvgIpc) is 3.35. The molecule has 5 nitrogen and oxygen atoms in total. The summed E-state index contributed by atoms with van der Waals surface area (Å²) in [6.45, 7) is 2.90. The van der Waals surface area contributed by atoms with Crippen molar-refractivity contribution in [2.75, 3.05) is 13.7 Å². The van der Waals surface area contributed by atoms with Gasteiger partial charge in [0.25, 0.3) is 0 Å². The van der Waals surface area contributed by atoms with Crippen LogP contribution in [0.1, 0.15) is 68.0 Å². The Morgan fingerprint density at radius 2 is 1.83 bits per heavy atom. The Kier molecular flexibility index (Phi) is 7.87. The van der Waals surface area contributed by atoms with Crippen LogP contribution >= 0.6 is 31.9 Å². The van der Waals surface area contributed by atoms with Gasteiger partial charge in [0.2, 0.25) is 6.23 Å². The summed E-state index contributed by atoms with van der Waals surface area (Å²) in [6.07, 6.45) is 5.06. The molecule has 0 bridgehead atoms. The van der Waals surface area contributed by atoms with Crippen LogP contribution in [0, 0.1) is 0 Å². The van der Waals surface area contributed by atoms with Gasteiger partial charge in [-0.25, -0.2) is 5.01 Å². The van der Waals surface area contributed by atoms with Gasteiger partial charge in [0.05, 0.1) is 29.9 Å². The molecule has 2 aliphatic heterocycles. The highest BCUT2D eigenvalue weighted by Gasteiger charge is 2.42. The molecule has 7 heteroatoms. The minimum Gasteiger partial charge on any atom is -0.493 e. The van der Waals surface area contributed by atoms with Crippen molar-refractivity contribution in [3.8, 4) is 17.2 Å². The molecule has 0 fully saturated rings. The Morgan fingerprint density at radius 1 is 1.00 bits per heavy atom. The first-order valence-electron chi connectivity index (χ1n) is 12.5. The van der Waals surface area contributed by atoms with Crippen LogP contribution in [0.25, 0.3) is 0 Å². The van der Waals surface area contributed by atoms with Crippen LogP contribution in [0.4, 0.5) is 0 Å². The molecule has 0 aliphatic carbocycles. The Balaban J connectivity index is 1.48. The maximum atomic E-state index is 6.62. The van der Waals surface area contributed by atoms with E-state index in [0.717, 1.165) is 55.7 Å². The molecule has 0 spiro atoms. The van der Waals surface area contributed by atoms with E-state index in [9.17, 15) is 0 Å². The second-order valence-electron chi connectivity index (χ2n) is 9.11. The molecule has 3 aromatic rings. The number of fused-ring (bicyclic) bond motifs is 3. The molecule has 0 aromatic heterocycles. The van der Waals surface area contributed by atoms with Crippen LogP contribution in [0.5, 0.6) is 17.2 Å². The average molecular weight is 614 g/mol. The first-order valence-corrected chi connectivity index (χ1v) is 14.0. The fourth-order valence-corrected chi connectivity index (χ4v) is 6.16. The van der Waals surface area contributed by atoms with E-state index in [1.165, 1.54) is 19.3 Å². The summed E-state index contributed by atoms with van der Waals surface area (Å²) >= 11 is 7.37. The Labute approximate surface area is 229 Å². The van der Waals surface area contributed by atoms with E-state index in [1.54, 1.807) is 7.11 Å². The molecule has 2 heterocycles. The third kappa shape index (κ3) is 5.14. The van der Waals surface area contributed by atoms with Crippen molar-refractivity contribution in [3.63, 3.8) is 0 Å². The zero-order valence-electron chi connectivity index (χ0n) is 20.5. The lowest BCUT2D eigenvalue weighted by molar-refractivity contribution is -0.0198. The van der Waals surface area contributed by atoms with Crippen LogP contribution in [0.3, 0.4) is 0 Å². The van der Waals surface area contributed by atoms with Crippen LogP contribution in [0.15, 0.2) is 74.7 Å². The van der Waals surface area contributed by atoms with Gasteiger partial charge in [0.15, 0.2) is 11.5 Å². The number of unbranched alkanes of at least 4 members (excludes halogenated alkanes) is 3. The number of ether oxygens (including phenoxy) is 3. The van der Waals surface area contributed by atoms with E-state index >= 15 is 0 Å². The normalized spacial score (nSPS) is 18.2. The fourth-order valence-electron chi connectivity index (χ4n) is 4.81. The van der Waals surface area contributed by atoms with Gasteiger partial charge in [0.1, 0.15) is 5.75 Å². The highest BCUT2D eigenvalue weighted by molar-refractivity contribution is 9.11. The lowest BCUT2D eigenvalue weighted by Gasteiger charge is -2.38. The zero-order chi connectivity index (χ0) is 25.1. The van der Waals surface area contributed by atoms with Crippen LogP contribution in [-0.2, 0) is 0 Å². The molecule has 0 saturated heterocycles. The summed E-state index contributed by atoms with van der Waals surface area (Å²) in [5, 5.41) is 7.16. The number of rotatable bonds is 9. The van der Waals surface area contributed by atoms with Crippen molar-refractivity contribution in [1.29, 1.82) is 0 Å². The molecule has 2 atom stereocenters. The van der Waals surface area contributed by atoms with Crippen LogP contribution in [0.2, 0.25) is 0 Å². The Hall–Kier alpha value is -2.51. The summed E-state index contributed by atoms with van der Waals surface area (Å²) < 4.78 is 20.3. The van der Waals surface area contributed by atoms with Crippen molar-refractivity contribution in [2.24, 2.45) is 5.10 Å². The molecule has 0 saturated carbocycles. The zero-order valence-corrected chi connectivity index (χ0v) is 23.7. The van der Waals surface area contributed by atoms with Crippen molar-refractivity contribution in [3.05, 3.63) is 86.3 Å². The van der Waals surface area contributed by atoms with E-state index in [1.807, 2.05) is 24.3 Å². The van der Waals surface area contributed by atoms with E-state index in [-0.39, 0.29) is 6.04 Å². The Bertz CT molecular complexity index is 1250. The molecule has 188 valence electrons. The van der Waals surface area contributed by atoms with Gasteiger partial charge >= 0.3 is 0 Å². The van der Waals surface area contributed by atoms with Crippen molar-refractivity contribution < 1.29 is 14.2 Å². The molecule has 5 rings (SSSR count). The second kappa shape index (κ2) is 11.3. The molecule has 0 N–H and O–H groups in total. The largest absolute Gasteiger partial charge is 0.493 e. The van der Waals surface area contributed by atoms with Gasteiger partial charge in [-0.2, -0.15) is 5.10 Å². The van der Waals surface area contributed by atoms with Gasteiger partial charge in [-0.3, -0.25) is 0 Å². The summed E-state index contributed by atoms with van der Waals surface area (Å²) in [4.78, 5) is 0. The molecule has 2 aliphatic rings. The highest BCUT2D eigenvalue weighted by atomic mass is 79.9. The summed E-state index contributed by atoms with van der Waals surface area (Å²) in [5.74, 6) is 2.31. The third-order valence-electron chi connectivity index (χ3n) is 6.64. The number of methoxy groups -OCH3 is 1. The lowest BCUT2D eigenvalue weighted by Crippen LogP contribution is -2.34. The van der Waals surface area contributed by atoms with Gasteiger partial charge in [-0.1, -0.05) is 72.4 Å². The molecule has 0 radical (unpaired) electrons. The highest BCUT2D eigenvalue weighted by Crippen LogP contribution is 2.51.